The van der Waals surface area contributed by atoms with E-state index in [9.17, 15) is 0 Å². The zero-order valence-corrected chi connectivity index (χ0v) is 32.3. The molecule has 0 aliphatic carbocycles. The lowest BCUT2D eigenvalue weighted by Gasteiger charge is -2.34. The normalized spacial score (nSPS) is 11.9. The number of aromatic nitrogens is 2. The quantitative estimate of drug-likeness (QED) is 0.114. The Labute approximate surface area is 333 Å². The summed E-state index contributed by atoms with van der Waals surface area (Å²) in [5.41, 5.74) is 9.52. The largest absolute Gasteiger partial charge is 0.309 e. The lowest BCUT2D eigenvalue weighted by Crippen LogP contribution is -2.74. The summed E-state index contributed by atoms with van der Waals surface area (Å²) in [6.45, 7) is 0. The van der Waals surface area contributed by atoms with Crippen molar-refractivity contribution in [3.63, 3.8) is 0 Å². The van der Waals surface area contributed by atoms with Crippen LogP contribution < -0.4 is 20.7 Å². The highest BCUT2D eigenvalue weighted by molar-refractivity contribution is 7.20. The molecular weight excluding hydrogens is 705 g/mol. The van der Waals surface area contributed by atoms with Gasteiger partial charge in [0.1, 0.15) is 0 Å². The van der Waals surface area contributed by atoms with Gasteiger partial charge in [-0.2, -0.15) is 0 Å². The lowest BCUT2D eigenvalue weighted by atomic mass is 9.99. The van der Waals surface area contributed by atoms with Gasteiger partial charge in [0.15, 0.2) is 8.07 Å². The highest BCUT2D eigenvalue weighted by Gasteiger charge is 2.41. The third-order valence-electron chi connectivity index (χ3n) is 11.9. The second-order valence-corrected chi connectivity index (χ2v) is 18.7. The number of hydrogen-bond acceptors (Lipinski definition) is 0. The maximum atomic E-state index is 2.54. The van der Waals surface area contributed by atoms with Crippen LogP contribution in [-0.4, -0.2) is 17.2 Å². The smallest absolute Gasteiger partial charge is 0.179 e. The molecule has 11 aromatic rings. The third-order valence-corrected chi connectivity index (χ3v) is 16.6. The Morgan fingerprint density at radius 3 is 1.44 bits per heavy atom. The number of fused-ring (bicyclic) bond motifs is 6. The van der Waals surface area contributed by atoms with Crippen molar-refractivity contribution in [3.05, 3.63) is 231 Å². The molecule has 0 aliphatic rings. The van der Waals surface area contributed by atoms with Crippen LogP contribution in [0.1, 0.15) is 0 Å². The van der Waals surface area contributed by atoms with E-state index in [1.807, 2.05) is 0 Å². The van der Waals surface area contributed by atoms with Crippen LogP contribution in [0.5, 0.6) is 0 Å². The third kappa shape index (κ3) is 5.17. The molecule has 0 fully saturated rings. The molecule has 11 rings (SSSR count). The van der Waals surface area contributed by atoms with Crippen molar-refractivity contribution in [2.75, 3.05) is 0 Å². The van der Waals surface area contributed by atoms with Crippen LogP contribution in [-0.2, 0) is 0 Å². The predicted octanol–water partition coefficient (Wildman–Crippen LogP) is 10.9. The second-order valence-electron chi connectivity index (χ2n) is 14.9. The molecule has 0 aliphatic heterocycles. The summed E-state index contributed by atoms with van der Waals surface area (Å²) in [4.78, 5) is 0. The van der Waals surface area contributed by atoms with E-state index >= 15 is 0 Å². The average molecular weight is 743 g/mol. The van der Waals surface area contributed by atoms with Gasteiger partial charge >= 0.3 is 0 Å². The first kappa shape index (κ1) is 33.2. The summed E-state index contributed by atoms with van der Waals surface area (Å²) in [5.74, 6) is 0. The average Bonchev–Trinajstić information content (AvgIpc) is 3.81. The Hall–Kier alpha value is -7.20. The molecule has 0 unspecified atom stereocenters. The van der Waals surface area contributed by atoms with Crippen LogP contribution in [0.25, 0.3) is 66.1 Å². The molecule has 268 valence electrons. The van der Waals surface area contributed by atoms with Crippen molar-refractivity contribution < 1.29 is 0 Å². The Morgan fingerprint density at radius 1 is 0.281 bits per heavy atom. The summed E-state index contributed by atoms with van der Waals surface area (Å²) in [6, 6.07) is 85.2. The summed E-state index contributed by atoms with van der Waals surface area (Å²) < 4.78 is 4.90. The first-order chi connectivity index (χ1) is 28.3. The fraction of sp³-hybridized carbons (Fsp3) is 0. The zero-order valence-electron chi connectivity index (χ0n) is 31.3. The first-order valence-corrected chi connectivity index (χ1v) is 21.7. The van der Waals surface area contributed by atoms with Crippen molar-refractivity contribution in [2.24, 2.45) is 0 Å². The Bertz CT molecular complexity index is 3110. The monoisotopic (exact) mass is 742 g/mol. The molecule has 9 aromatic carbocycles. The van der Waals surface area contributed by atoms with Gasteiger partial charge in [-0.25, -0.2) is 0 Å². The van der Waals surface area contributed by atoms with Gasteiger partial charge in [0.2, 0.25) is 0 Å². The van der Waals surface area contributed by atoms with Gasteiger partial charge in [0.25, 0.3) is 0 Å². The van der Waals surface area contributed by atoms with Gasteiger partial charge in [-0.15, -0.1) is 0 Å². The minimum atomic E-state index is -2.78. The minimum absolute atomic E-state index is 1.14. The minimum Gasteiger partial charge on any atom is -0.309 e. The SMILES string of the molecule is c1ccc(-c2cccc3c2c2cc([Si](c4ccccc4)(c4ccccc4)c4ccccc4)ccc2n3-c2ccc3c4ccccc4n(-c4ccccc4)c3c2)cc1. The van der Waals surface area contributed by atoms with E-state index in [4.69, 9.17) is 0 Å². The van der Waals surface area contributed by atoms with Gasteiger partial charge in [0, 0.05) is 32.9 Å². The van der Waals surface area contributed by atoms with Crippen LogP contribution >= 0.6 is 0 Å². The van der Waals surface area contributed by atoms with Gasteiger partial charge in [-0.3, -0.25) is 0 Å². The van der Waals surface area contributed by atoms with Crippen LogP contribution in [0.2, 0.25) is 0 Å². The van der Waals surface area contributed by atoms with Gasteiger partial charge in [-0.1, -0.05) is 188 Å². The first-order valence-electron chi connectivity index (χ1n) is 19.7. The van der Waals surface area contributed by atoms with Crippen LogP contribution in [0.15, 0.2) is 231 Å². The van der Waals surface area contributed by atoms with Gasteiger partial charge in [-0.05, 0) is 74.3 Å². The predicted molar refractivity (Wildman–Crippen MR) is 244 cm³/mol. The molecule has 2 nitrogen and oxygen atoms in total. The standard InChI is InChI=1S/C54H38N2Si/c1-6-19-39(20-7-1)46-30-18-32-52-54(46)49-38-45(57(42-23-10-3-11-24-42,43-25-12-4-13-26-43)44-27-14-5-15-28-44)34-36-51(49)56(52)41-33-35-48-47-29-16-17-31-50(47)55(53(48)37-41)40-21-8-2-9-22-40/h1-38H. The summed E-state index contributed by atoms with van der Waals surface area (Å²) in [5, 5.41) is 10.5. The molecule has 3 heteroatoms. The Morgan fingerprint density at radius 2 is 0.789 bits per heavy atom. The van der Waals surface area contributed by atoms with Crippen molar-refractivity contribution in [3.8, 4) is 22.5 Å². The molecule has 0 radical (unpaired) electrons. The molecule has 2 aromatic heterocycles. The van der Waals surface area contributed by atoms with Crippen molar-refractivity contribution in [1.82, 2.24) is 9.13 Å². The van der Waals surface area contributed by atoms with Gasteiger partial charge in [0.05, 0.1) is 22.1 Å². The lowest BCUT2D eigenvalue weighted by molar-refractivity contribution is 1.15. The second kappa shape index (κ2) is 13.5. The molecule has 0 N–H and O–H groups in total. The number of hydrogen-bond donors (Lipinski definition) is 0. The van der Waals surface area contributed by atoms with Crippen LogP contribution in [0.4, 0.5) is 0 Å². The van der Waals surface area contributed by atoms with Crippen molar-refractivity contribution in [1.29, 1.82) is 0 Å². The van der Waals surface area contributed by atoms with E-state index < -0.39 is 8.07 Å². The topological polar surface area (TPSA) is 9.86 Å². The molecule has 0 amide bonds. The molecular formula is C54H38N2Si. The van der Waals surface area contributed by atoms with Crippen LogP contribution in [0.3, 0.4) is 0 Å². The summed E-state index contributed by atoms with van der Waals surface area (Å²) >= 11 is 0. The zero-order chi connectivity index (χ0) is 37.8. The maximum absolute atomic E-state index is 2.78. The van der Waals surface area contributed by atoms with Gasteiger partial charge < -0.3 is 9.13 Å². The fourth-order valence-corrected chi connectivity index (χ4v) is 14.2. The Kier molecular flexibility index (Phi) is 7.87. The molecule has 57 heavy (non-hydrogen) atoms. The molecule has 0 saturated carbocycles. The van der Waals surface area contributed by atoms with E-state index in [1.54, 1.807) is 0 Å². The fourth-order valence-electron chi connectivity index (χ4n) is 9.46. The van der Waals surface area contributed by atoms with E-state index in [0.717, 1.165) is 11.4 Å². The van der Waals surface area contributed by atoms with Crippen molar-refractivity contribution in [2.45, 2.75) is 0 Å². The van der Waals surface area contributed by atoms with E-state index in [0.29, 0.717) is 0 Å². The van der Waals surface area contributed by atoms with E-state index in [-0.39, 0.29) is 0 Å². The molecule has 0 saturated heterocycles. The molecule has 0 spiro atoms. The number of nitrogens with zero attached hydrogens (tertiary/aromatic N) is 2. The Balaban J connectivity index is 1.25. The molecule has 2 heterocycles. The molecule has 0 bridgehead atoms. The number of para-hydroxylation sites is 2. The number of rotatable bonds is 7. The number of benzene rings is 9. The highest BCUT2D eigenvalue weighted by Crippen LogP contribution is 2.40. The van der Waals surface area contributed by atoms with E-state index in [2.05, 4.69) is 240 Å². The van der Waals surface area contributed by atoms with Crippen molar-refractivity contribution >= 4 is 72.4 Å². The summed E-state index contributed by atoms with van der Waals surface area (Å²) in [7, 11) is -2.78. The highest BCUT2D eigenvalue weighted by atomic mass is 28.3. The maximum Gasteiger partial charge on any atom is 0.179 e. The van der Waals surface area contributed by atoms with Crippen LogP contribution in [0, 0.1) is 0 Å². The summed E-state index contributed by atoms with van der Waals surface area (Å²) in [6.07, 6.45) is 0. The van der Waals surface area contributed by atoms with E-state index in [1.165, 1.54) is 75.5 Å². The molecule has 0 atom stereocenters.